The van der Waals surface area contributed by atoms with Crippen LogP contribution in [0.1, 0.15) is 64.1 Å². The SMILES string of the molecule is CC.CC1CC1(C)c1ccccc1C1C=CC(C2=CC=CCC2)=N1. The van der Waals surface area contributed by atoms with Gasteiger partial charge in [-0.05, 0) is 53.4 Å². The molecular weight excluding hydrogens is 290 g/mol. The number of hydrogen-bond acceptors (Lipinski definition) is 1. The van der Waals surface area contributed by atoms with Gasteiger partial charge in [0.05, 0.1) is 11.8 Å². The highest BCUT2D eigenvalue weighted by atomic mass is 14.8. The fourth-order valence-electron chi connectivity index (χ4n) is 3.82. The number of benzene rings is 1. The zero-order valence-corrected chi connectivity index (χ0v) is 15.4. The molecule has 126 valence electrons. The average Bonchev–Trinajstić information content (AvgIpc) is 3.04. The highest BCUT2D eigenvalue weighted by Gasteiger charge is 2.49. The first-order chi connectivity index (χ1) is 11.7. The van der Waals surface area contributed by atoms with Crippen LogP contribution >= 0.6 is 0 Å². The average molecular weight is 319 g/mol. The summed E-state index contributed by atoms with van der Waals surface area (Å²) in [5.74, 6) is 0.786. The Hall–Kier alpha value is -1.89. The maximum Gasteiger partial charge on any atom is 0.0944 e. The predicted octanol–water partition coefficient (Wildman–Crippen LogP) is 6.34. The first kappa shape index (κ1) is 17.0. The van der Waals surface area contributed by atoms with Crippen LogP contribution < -0.4 is 0 Å². The van der Waals surface area contributed by atoms with Crippen molar-refractivity contribution in [3.8, 4) is 0 Å². The van der Waals surface area contributed by atoms with Crippen molar-refractivity contribution >= 4 is 5.71 Å². The molecule has 0 N–H and O–H groups in total. The van der Waals surface area contributed by atoms with E-state index >= 15 is 0 Å². The summed E-state index contributed by atoms with van der Waals surface area (Å²) in [4.78, 5) is 5.01. The molecule has 4 rings (SSSR count). The van der Waals surface area contributed by atoms with Gasteiger partial charge in [0.25, 0.3) is 0 Å². The van der Waals surface area contributed by atoms with Crippen molar-refractivity contribution in [3.63, 3.8) is 0 Å². The van der Waals surface area contributed by atoms with Gasteiger partial charge in [-0.1, -0.05) is 76.3 Å². The molecule has 1 aromatic carbocycles. The molecule has 3 aliphatic rings. The van der Waals surface area contributed by atoms with Crippen molar-refractivity contribution in [1.29, 1.82) is 0 Å². The number of aliphatic imine (C=N–C) groups is 1. The second-order valence-electron chi connectivity index (χ2n) is 7.09. The lowest BCUT2D eigenvalue weighted by Gasteiger charge is -2.18. The molecule has 1 heterocycles. The zero-order valence-electron chi connectivity index (χ0n) is 15.4. The highest BCUT2D eigenvalue weighted by molar-refractivity contribution is 6.10. The Bertz CT molecular complexity index is 719. The molecule has 1 fully saturated rings. The van der Waals surface area contributed by atoms with Crippen molar-refractivity contribution in [2.45, 2.75) is 58.4 Å². The second-order valence-corrected chi connectivity index (χ2v) is 7.09. The molecule has 0 amide bonds. The quantitative estimate of drug-likeness (QED) is 0.616. The van der Waals surface area contributed by atoms with Crippen LogP contribution in [-0.2, 0) is 5.41 Å². The Morgan fingerprint density at radius 1 is 1.17 bits per heavy atom. The van der Waals surface area contributed by atoms with Crippen LogP contribution in [0.3, 0.4) is 0 Å². The molecule has 0 bridgehead atoms. The summed E-state index contributed by atoms with van der Waals surface area (Å²) >= 11 is 0. The first-order valence-corrected chi connectivity index (χ1v) is 9.40. The van der Waals surface area contributed by atoms with Gasteiger partial charge in [0.15, 0.2) is 0 Å². The Balaban J connectivity index is 0.000000815. The Morgan fingerprint density at radius 3 is 2.58 bits per heavy atom. The van der Waals surface area contributed by atoms with Gasteiger partial charge in [-0.3, -0.25) is 4.99 Å². The fraction of sp³-hybridized carbons (Fsp3) is 0.435. The molecule has 1 heteroatoms. The van der Waals surface area contributed by atoms with Gasteiger partial charge < -0.3 is 0 Å². The van der Waals surface area contributed by atoms with Crippen LogP contribution in [0.25, 0.3) is 0 Å². The summed E-state index contributed by atoms with van der Waals surface area (Å²) in [6.45, 7) is 8.75. The summed E-state index contributed by atoms with van der Waals surface area (Å²) < 4.78 is 0. The predicted molar refractivity (Wildman–Crippen MR) is 105 cm³/mol. The zero-order chi connectivity index (χ0) is 17.2. The lowest BCUT2D eigenvalue weighted by molar-refractivity contribution is 0.685. The normalized spacial score (nSPS) is 30.3. The van der Waals surface area contributed by atoms with E-state index in [0.717, 1.165) is 18.8 Å². The Labute approximate surface area is 146 Å². The molecule has 3 atom stereocenters. The van der Waals surface area contributed by atoms with E-state index in [2.05, 4.69) is 68.5 Å². The molecule has 1 saturated carbocycles. The van der Waals surface area contributed by atoms with E-state index in [9.17, 15) is 0 Å². The first-order valence-electron chi connectivity index (χ1n) is 9.40. The van der Waals surface area contributed by atoms with E-state index in [1.165, 1.54) is 28.8 Å². The Morgan fingerprint density at radius 2 is 1.92 bits per heavy atom. The number of hydrogen-bond donors (Lipinski definition) is 0. The molecule has 1 aliphatic heterocycles. The summed E-state index contributed by atoms with van der Waals surface area (Å²) in [5.41, 5.74) is 5.81. The summed E-state index contributed by atoms with van der Waals surface area (Å²) in [6, 6.07) is 9.10. The van der Waals surface area contributed by atoms with Crippen molar-refractivity contribution < 1.29 is 0 Å². The van der Waals surface area contributed by atoms with E-state index in [-0.39, 0.29) is 6.04 Å². The van der Waals surface area contributed by atoms with Crippen LogP contribution in [0.2, 0.25) is 0 Å². The summed E-state index contributed by atoms with van der Waals surface area (Å²) in [5, 5.41) is 0. The molecular formula is C23H29N. The molecule has 0 aromatic heterocycles. The maximum absolute atomic E-state index is 5.01. The summed E-state index contributed by atoms with van der Waals surface area (Å²) in [6.07, 6.45) is 14.6. The third-order valence-electron chi connectivity index (χ3n) is 5.61. The van der Waals surface area contributed by atoms with E-state index in [0.29, 0.717) is 5.41 Å². The third-order valence-corrected chi connectivity index (χ3v) is 5.61. The van der Waals surface area contributed by atoms with Crippen LogP contribution in [0.15, 0.2) is 65.2 Å². The third kappa shape index (κ3) is 3.05. The molecule has 0 spiro atoms. The van der Waals surface area contributed by atoms with Crippen LogP contribution in [-0.4, -0.2) is 5.71 Å². The molecule has 24 heavy (non-hydrogen) atoms. The number of allylic oxidation sites excluding steroid dienone is 5. The van der Waals surface area contributed by atoms with Crippen molar-refractivity contribution in [2.75, 3.05) is 0 Å². The minimum Gasteiger partial charge on any atom is -0.273 e. The van der Waals surface area contributed by atoms with Gasteiger partial charge in [-0.15, -0.1) is 0 Å². The second kappa shape index (κ2) is 6.93. The highest BCUT2D eigenvalue weighted by Crippen LogP contribution is 2.55. The van der Waals surface area contributed by atoms with Gasteiger partial charge in [-0.25, -0.2) is 0 Å². The van der Waals surface area contributed by atoms with Crippen LogP contribution in [0.4, 0.5) is 0 Å². The fourth-order valence-corrected chi connectivity index (χ4v) is 3.82. The monoisotopic (exact) mass is 319 g/mol. The van der Waals surface area contributed by atoms with E-state index in [1.807, 2.05) is 13.8 Å². The van der Waals surface area contributed by atoms with Crippen molar-refractivity contribution in [1.82, 2.24) is 0 Å². The minimum absolute atomic E-state index is 0.197. The maximum atomic E-state index is 5.01. The van der Waals surface area contributed by atoms with E-state index in [1.54, 1.807) is 0 Å². The summed E-state index contributed by atoms with van der Waals surface area (Å²) in [7, 11) is 0. The Kier molecular flexibility index (Phi) is 4.89. The van der Waals surface area contributed by atoms with Gasteiger partial charge in [0, 0.05) is 0 Å². The standard InChI is InChI=1S/C21H23N.C2H6/c1-15-14-21(15,2)18-11-7-6-10-17(18)20-13-12-19(22-20)16-8-4-3-5-9-16;1-2/h3-4,6-8,10-13,15,20H,5,9,14H2,1-2H3;1-2H3. The van der Waals surface area contributed by atoms with Gasteiger partial charge >= 0.3 is 0 Å². The molecule has 0 radical (unpaired) electrons. The molecule has 3 unspecified atom stereocenters. The topological polar surface area (TPSA) is 12.4 Å². The minimum atomic E-state index is 0.197. The molecule has 1 aromatic rings. The lowest BCUT2D eigenvalue weighted by atomic mass is 9.88. The smallest absolute Gasteiger partial charge is 0.0944 e. The van der Waals surface area contributed by atoms with Gasteiger partial charge in [0.2, 0.25) is 0 Å². The van der Waals surface area contributed by atoms with Crippen molar-refractivity contribution in [2.24, 2.45) is 10.9 Å². The molecule has 2 aliphatic carbocycles. The van der Waals surface area contributed by atoms with Crippen LogP contribution in [0, 0.1) is 5.92 Å². The lowest BCUT2D eigenvalue weighted by Crippen LogP contribution is -2.09. The van der Waals surface area contributed by atoms with E-state index < -0.39 is 0 Å². The molecule has 1 nitrogen and oxygen atoms in total. The largest absolute Gasteiger partial charge is 0.273 e. The molecule has 0 saturated heterocycles. The van der Waals surface area contributed by atoms with E-state index in [4.69, 9.17) is 4.99 Å². The van der Waals surface area contributed by atoms with Gasteiger partial charge in [-0.2, -0.15) is 0 Å². The number of rotatable bonds is 3. The van der Waals surface area contributed by atoms with Gasteiger partial charge in [0.1, 0.15) is 0 Å². The van der Waals surface area contributed by atoms with Crippen molar-refractivity contribution in [3.05, 3.63) is 71.3 Å². The van der Waals surface area contributed by atoms with Crippen LogP contribution in [0.5, 0.6) is 0 Å². The number of nitrogens with zero attached hydrogens (tertiary/aromatic N) is 1.